The Kier molecular flexibility index (Phi) is 7.54. The van der Waals surface area contributed by atoms with Crippen LogP contribution in [0.15, 0.2) is 71.9 Å². The number of hydrogen-bond donors (Lipinski definition) is 1. The number of aryl methyl sites for hydroxylation is 1. The fraction of sp³-hybridized carbons (Fsp3) is 0.333. The summed E-state index contributed by atoms with van der Waals surface area (Å²) in [6, 6.07) is 16.8. The molecule has 1 N–H and O–H groups in total. The third kappa shape index (κ3) is 6.07. The maximum Gasteiger partial charge on any atom is 0.243 e. The third-order valence-corrected chi connectivity index (χ3v) is 7.53. The summed E-state index contributed by atoms with van der Waals surface area (Å²) in [6.07, 6.45) is 5.30. The van der Waals surface area contributed by atoms with Gasteiger partial charge in [0.25, 0.3) is 0 Å². The van der Waals surface area contributed by atoms with Crippen molar-refractivity contribution in [2.24, 2.45) is 0 Å². The number of morpholine rings is 1. The first-order valence-electron chi connectivity index (χ1n) is 11.0. The van der Waals surface area contributed by atoms with E-state index in [0.717, 1.165) is 23.2 Å². The Morgan fingerprint density at radius 3 is 2.30 bits per heavy atom. The standard InChI is InChI=1S/C24H28N4O4S/c29-24(25-14-12-21-2-7-22(8-3-21)28-15-1-13-26-28)11-6-20-4-9-23(10-5-20)33(30,31)27-16-18-32-19-17-27/h1-5,7-10,13,15H,6,11-12,14,16-19H2,(H,25,29). The van der Waals surface area contributed by atoms with Crippen molar-refractivity contribution in [3.05, 3.63) is 78.1 Å². The molecular formula is C24H28N4O4S. The van der Waals surface area contributed by atoms with Crippen molar-refractivity contribution in [3.8, 4) is 5.69 Å². The topological polar surface area (TPSA) is 93.5 Å². The lowest BCUT2D eigenvalue weighted by Crippen LogP contribution is -2.40. The second-order valence-electron chi connectivity index (χ2n) is 7.88. The van der Waals surface area contributed by atoms with Crippen molar-refractivity contribution in [2.45, 2.75) is 24.2 Å². The summed E-state index contributed by atoms with van der Waals surface area (Å²) in [6.45, 7) is 2.15. The van der Waals surface area contributed by atoms with Crippen LogP contribution in [-0.2, 0) is 32.4 Å². The van der Waals surface area contributed by atoms with Gasteiger partial charge in [-0.2, -0.15) is 9.40 Å². The van der Waals surface area contributed by atoms with Gasteiger partial charge in [0, 0.05) is 38.4 Å². The Morgan fingerprint density at radius 2 is 1.64 bits per heavy atom. The molecule has 174 valence electrons. The number of ether oxygens (including phenoxy) is 1. The van der Waals surface area contributed by atoms with Crippen molar-refractivity contribution < 1.29 is 17.9 Å². The number of aromatic nitrogens is 2. The molecule has 1 aliphatic heterocycles. The molecule has 0 unspecified atom stereocenters. The first kappa shape index (κ1) is 23.2. The van der Waals surface area contributed by atoms with Crippen LogP contribution >= 0.6 is 0 Å². The molecule has 1 saturated heterocycles. The van der Waals surface area contributed by atoms with Gasteiger partial charge in [0.2, 0.25) is 15.9 Å². The van der Waals surface area contributed by atoms with Gasteiger partial charge in [-0.25, -0.2) is 13.1 Å². The number of benzene rings is 2. The zero-order chi connectivity index (χ0) is 23.1. The number of sulfonamides is 1. The van der Waals surface area contributed by atoms with Gasteiger partial charge in [0.1, 0.15) is 0 Å². The highest BCUT2D eigenvalue weighted by atomic mass is 32.2. The highest BCUT2D eigenvalue weighted by Gasteiger charge is 2.26. The minimum Gasteiger partial charge on any atom is -0.379 e. The summed E-state index contributed by atoms with van der Waals surface area (Å²) in [4.78, 5) is 12.5. The van der Waals surface area contributed by atoms with Gasteiger partial charge in [0.05, 0.1) is 23.8 Å². The molecule has 0 atom stereocenters. The number of carbonyl (C=O) groups excluding carboxylic acids is 1. The van der Waals surface area contributed by atoms with Crippen LogP contribution in [0.1, 0.15) is 17.5 Å². The Morgan fingerprint density at radius 1 is 0.970 bits per heavy atom. The van der Waals surface area contributed by atoms with Crippen LogP contribution in [0.25, 0.3) is 5.69 Å². The molecule has 4 rings (SSSR count). The van der Waals surface area contributed by atoms with E-state index < -0.39 is 10.0 Å². The van der Waals surface area contributed by atoms with E-state index in [9.17, 15) is 13.2 Å². The molecule has 0 radical (unpaired) electrons. The number of hydrogen-bond acceptors (Lipinski definition) is 5. The molecule has 9 heteroatoms. The number of amides is 1. The summed E-state index contributed by atoms with van der Waals surface area (Å²) in [5.74, 6) is -0.0202. The van der Waals surface area contributed by atoms with Gasteiger partial charge >= 0.3 is 0 Å². The summed E-state index contributed by atoms with van der Waals surface area (Å²) in [5.41, 5.74) is 3.07. The maximum absolute atomic E-state index is 12.7. The summed E-state index contributed by atoms with van der Waals surface area (Å²) < 4.78 is 33.8. The molecule has 8 nitrogen and oxygen atoms in total. The third-order valence-electron chi connectivity index (χ3n) is 5.61. The van der Waals surface area contributed by atoms with E-state index in [1.165, 1.54) is 4.31 Å². The Labute approximate surface area is 194 Å². The van der Waals surface area contributed by atoms with Crippen LogP contribution in [0.4, 0.5) is 0 Å². The number of nitrogens with one attached hydrogen (secondary N) is 1. The molecule has 1 amide bonds. The monoisotopic (exact) mass is 468 g/mol. The molecule has 33 heavy (non-hydrogen) atoms. The Bertz CT molecular complexity index is 1140. The van der Waals surface area contributed by atoms with Crippen molar-refractivity contribution in [1.82, 2.24) is 19.4 Å². The summed E-state index contributed by atoms with van der Waals surface area (Å²) >= 11 is 0. The molecule has 1 fully saturated rings. The van der Waals surface area contributed by atoms with Crippen molar-refractivity contribution >= 4 is 15.9 Å². The molecule has 0 aliphatic carbocycles. The van der Waals surface area contributed by atoms with Gasteiger partial charge in [-0.3, -0.25) is 4.79 Å². The molecule has 1 aliphatic rings. The Balaban J connectivity index is 1.20. The van der Waals surface area contributed by atoms with E-state index in [1.807, 2.05) is 36.5 Å². The fourth-order valence-corrected chi connectivity index (χ4v) is 5.10. The minimum absolute atomic E-state index is 0.0202. The predicted molar refractivity (Wildman–Crippen MR) is 125 cm³/mol. The van der Waals surface area contributed by atoms with E-state index in [1.54, 1.807) is 35.1 Å². The molecule has 2 heterocycles. The van der Waals surface area contributed by atoms with Crippen LogP contribution in [0.5, 0.6) is 0 Å². The molecule has 0 bridgehead atoms. The lowest BCUT2D eigenvalue weighted by molar-refractivity contribution is -0.121. The van der Waals surface area contributed by atoms with Gasteiger partial charge in [-0.15, -0.1) is 0 Å². The smallest absolute Gasteiger partial charge is 0.243 e. The summed E-state index contributed by atoms with van der Waals surface area (Å²) in [5, 5.41) is 7.16. The molecule has 0 saturated carbocycles. The second-order valence-corrected chi connectivity index (χ2v) is 9.82. The zero-order valence-electron chi connectivity index (χ0n) is 18.4. The van der Waals surface area contributed by atoms with Crippen LogP contribution in [0, 0.1) is 0 Å². The summed E-state index contributed by atoms with van der Waals surface area (Å²) in [7, 11) is -3.49. The predicted octanol–water partition coefficient (Wildman–Crippen LogP) is 2.18. The van der Waals surface area contributed by atoms with Crippen LogP contribution in [0.2, 0.25) is 0 Å². The molecule has 1 aromatic heterocycles. The largest absolute Gasteiger partial charge is 0.379 e. The van der Waals surface area contributed by atoms with Crippen molar-refractivity contribution in [3.63, 3.8) is 0 Å². The fourth-order valence-electron chi connectivity index (χ4n) is 3.69. The maximum atomic E-state index is 12.7. The van der Waals surface area contributed by atoms with Gasteiger partial charge in [0.15, 0.2) is 0 Å². The minimum atomic E-state index is -3.49. The van der Waals surface area contributed by atoms with Crippen molar-refractivity contribution in [2.75, 3.05) is 32.8 Å². The van der Waals surface area contributed by atoms with Crippen molar-refractivity contribution in [1.29, 1.82) is 0 Å². The van der Waals surface area contributed by atoms with E-state index in [2.05, 4.69) is 10.4 Å². The highest BCUT2D eigenvalue weighted by Crippen LogP contribution is 2.18. The van der Waals surface area contributed by atoms with Crippen LogP contribution < -0.4 is 5.32 Å². The van der Waals surface area contributed by atoms with E-state index >= 15 is 0 Å². The number of carbonyl (C=O) groups is 1. The quantitative estimate of drug-likeness (QED) is 0.520. The van der Waals surface area contributed by atoms with E-state index in [4.69, 9.17) is 4.74 Å². The first-order chi connectivity index (χ1) is 16.0. The van der Waals surface area contributed by atoms with Gasteiger partial charge < -0.3 is 10.1 Å². The normalized spacial score (nSPS) is 14.8. The average Bonchev–Trinajstić information content (AvgIpc) is 3.39. The Hall–Kier alpha value is -3.01. The zero-order valence-corrected chi connectivity index (χ0v) is 19.2. The second kappa shape index (κ2) is 10.7. The average molecular weight is 469 g/mol. The molecule has 3 aromatic rings. The van der Waals surface area contributed by atoms with E-state index in [0.29, 0.717) is 45.7 Å². The van der Waals surface area contributed by atoms with Gasteiger partial charge in [-0.05, 0) is 54.3 Å². The van der Waals surface area contributed by atoms with Crippen LogP contribution in [-0.4, -0.2) is 61.3 Å². The molecule has 2 aromatic carbocycles. The van der Waals surface area contributed by atoms with E-state index in [-0.39, 0.29) is 10.8 Å². The van der Waals surface area contributed by atoms with Crippen LogP contribution in [0.3, 0.4) is 0 Å². The van der Waals surface area contributed by atoms with Gasteiger partial charge in [-0.1, -0.05) is 24.3 Å². The lowest BCUT2D eigenvalue weighted by Gasteiger charge is -2.26. The number of nitrogens with zero attached hydrogens (tertiary/aromatic N) is 3. The highest BCUT2D eigenvalue weighted by molar-refractivity contribution is 7.89. The first-order valence-corrected chi connectivity index (χ1v) is 12.5. The SMILES string of the molecule is O=C(CCc1ccc(S(=O)(=O)N2CCOCC2)cc1)NCCc1ccc(-n2cccn2)cc1. The molecular weight excluding hydrogens is 440 g/mol. The number of rotatable bonds is 9. The molecule has 0 spiro atoms. The lowest BCUT2D eigenvalue weighted by atomic mass is 10.1.